The smallest absolute Gasteiger partial charge is 0.254 e. The Bertz CT molecular complexity index is 445. The van der Waals surface area contributed by atoms with E-state index >= 15 is 0 Å². The Morgan fingerprint density at radius 2 is 2.17 bits per heavy atom. The van der Waals surface area contributed by atoms with Crippen LogP contribution in [0.15, 0.2) is 24.3 Å². The maximum atomic E-state index is 12.3. The molecule has 0 bridgehead atoms. The molecule has 1 aliphatic rings. The van der Waals surface area contributed by atoms with Crippen LogP contribution in [0.3, 0.4) is 0 Å². The zero-order valence-electron chi connectivity index (χ0n) is 10.8. The fraction of sp³-hybridized carbons (Fsp3) is 0.500. The molecule has 1 aliphatic heterocycles. The standard InChI is InChI=1S/C14H19NO2S/c1-14(17,10-18-2)9-15-8-7-11-5-3-4-6-12(11)13(15)16/h3-6,17H,7-10H2,1-2H3. The zero-order chi connectivity index (χ0) is 13.2. The van der Waals surface area contributed by atoms with Gasteiger partial charge >= 0.3 is 0 Å². The summed E-state index contributed by atoms with van der Waals surface area (Å²) in [6, 6.07) is 7.73. The van der Waals surface area contributed by atoms with Crippen molar-refractivity contribution in [2.75, 3.05) is 25.1 Å². The van der Waals surface area contributed by atoms with Crippen LogP contribution in [0.25, 0.3) is 0 Å². The lowest BCUT2D eigenvalue weighted by molar-refractivity contribution is 0.0316. The number of benzene rings is 1. The topological polar surface area (TPSA) is 40.5 Å². The van der Waals surface area contributed by atoms with E-state index in [1.165, 1.54) is 0 Å². The van der Waals surface area contributed by atoms with Crippen LogP contribution < -0.4 is 0 Å². The summed E-state index contributed by atoms with van der Waals surface area (Å²) in [4.78, 5) is 14.1. The summed E-state index contributed by atoms with van der Waals surface area (Å²) in [6.45, 7) is 2.89. The van der Waals surface area contributed by atoms with Crippen LogP contribution in [0.4, 0.5) is 0 Å². The summed E-state index contributed by atoms with van der Waals surface area (Å²) in [6.07, 6.45) is 2.83. The third-order valence-electron chi connectivity index (χ3n) is 3.17. The van der Waals surface area contributed by atoms with Gasteiger partial charge in [-0.15, -0.1) is 0 Å². The number of carbonyl (C=O) groups excluding carboxylic acids is 1. The van der Waals surface area contributed by atoms with Crippen molar-refractivity contribution >= 4 is 17.7 Å². The average Bonchev–Trinajstić information content (AvgIpc) is 2.33. The molecule has 4 heteroatoms. The Kier molecular flexibility index (Phi) is 3.97. The van der Waals surface area contributed by atoms with Crippen LogP contribution in [0.1, 0.15) is 22.8 Å². The van der Waals surface area contributed by atoms with Crippen LogP contribution in [-0.4, -0.2) is 46.6 Å². The maximum absolute atomic E-state index is 12.3. The molecule has 3 nitrogen and oxygen atoms in total. The predicted molar refractivity (Wildman–Crippen MR) is 75.1 cm³/mol. The van der Waals surface area contributed by atoms with Crippen LogP contribution in [0.5, 0.6) is 0 Å². The minimum absolute atomic E-state index is 0.0400. The van der Waals surface area contributed by atoms with Crippen molar-refractivity contribution in [3.63, 3.8) is 0 Å². The van der Waals surface area contributed by atoms with Crippen molar-refractivity contribution in [1.29, 1.82) is 0 Å². The van der Waals surface area contributed by atoms with Crippen LogP contribution >= 0.6 is 11.8 Å². The molecular weight excluding hydrogens is 246 g/mol. The quantitative estimate of drug-likeness (QED) is 0.902. The van der Waals surface area contributed by atoms with Gasteiger partial charge in [0.2, 0.25) is 0 Å². The summed E-state index contributed by atoms with van der Waals surface area (Å²) in [5, 5.41) is 10.2. The van der Waals surface area contributed by atoms with Crippen molar-refractivity contribution < 1.29 is 9.90 Å². The molecular formula is C14H19NO2S. The highest BCUT2D eigenvalue weighted by molar-refractivity contribution is 7.98. The Balaban J connectivity index is 2.12. The van der Waals surface area contributed by atoms with E-state index in [0.717, 1.165) is 17.5 Å². The van der Waals surface area contributed by atoms with E-state index in [2.05, 4.69) is 0 Å². The van der Waals surface area contributed by atoms with Crippen molar-refractivity contribution in [3.05, 3.63) is 35.4 Å². The second-order valence-electron chi connectivity index (χ2n) is 5.06. The highest BCUT2D eigenvalue weighted by Gasteiger charge is 2.30. The number of hydrogen-bond donors (Lipinski definition) is 1. The largest absolute Gasteiger partial charge is 0.387 e. The third-order valence-corrected chi connectivity index (χ3v) is 4.08. The van der Waals surface area contributed by atoms with Gasteiger partial charge in [0.1, 0.15) is 0 Å². The Labute approximate surface area is 112 Å². The maximum Gasteiger partial charge on any atom is 0.254 e. The third kappa shape index (κ3) is 2.87. The molecule has 0 spiro atoms. The molecule has 1 atom stereocenters. The van der Waals surface area contributed by atoms with Gasteiger partial charge in [-0.2, -0.15) is 11.8 Å². The van der Waals surface area contributed by atoms with Crippen molar-refractivity contribution in [1.82, 2.24) is 4.90 Å². The lowest BCUT2D eigenvalue weighted by Crippen LogP contribution is -2.48. The first-order valence-corrected chi connectivity index (χ1v) is 7.51. The first-order chi connectivity index (χ1) is 8.53. The number of aliphatic hydroxyl groups is 1. The lowest BCUT2D eigenvalue weighted by Gasteiger charge is -2.34. The molecule has 0 fully saturated rings. The minimum Gasteiger partial charge on any atom is -0.387 e. The minimum atomic E-state index is -0.818. The van der Waals surface area contributed by atoms with E-state index in [9.17, 15) is 9.90 Å². The second kappa shape index (κ2) is 5.33. The first kappa shape index (κ1) is 13.4. The molecule has 1 amide bonds. The van der Waals surface area contributed by atoms with Gasteiger partial charge in [-0.3, -0.25) is 4.79 Å². The fourth-order valence-corrected chi connectivity index (χ4v) is 3.11. The Morgan fingerprint density at radius 3 is 2.89 bits per heavy atom. The number of nitrogens with zero attached hydrogens (tertiary/aromatic N) is 1. The predicted octanol–water partition coefficient (Wildman–Crippen LogP) is 1.80. The highest BCUT2D eigenvalue weighted by Crippen LogP contribution is 2.21. The molecule has 0 aliphatic carbocycles. The summed E-state index contributed by atoms with van der Waals surface area (Å²) in [5.41, 5.74) is 1.08. The Morgan fingerprint density at radius 1 is 1.44 bits per heavy atom. The monoisotopic (exact) mass is 265 g/mol. The number of β-amino-alcohol motifs (C(OH)–C–C–N with tert-alkyl or cyclic N) is 1. The highest BCUT2D eigenvalue weighted by atomic mass is 32.2. The molecule has 2 rings (SSSR count). The number of amides is 1. The van der Waals surface area contributed by atoms with Gasteiger partial charge in [-0.1, -0.05) is 18.2 Å². The van der Waals surface area contributed by atoms with E-state index in [1.54, 1.807) is 23.6 Å². The van der Waals surface area contributed by atoms with Gasteiger partial charge in [0, 0.05) is 17.9 Å². The number of thioether (sulfide) groups is 1. The van der Waals surface area contributed by atoms with Crippen molar-refractivity contribution in [2.24, 2.45) is 0 Å². The van der Waals surface area contributed by atoms with E-state index in [0.29, 0.717) is 18.8 Å². The molecule has 1 unspecified atom stereocenters. The van der Waals surface area contributed by atoms with Gasteiger partial charge in [0.25, 0.3) is 5.91 Å². The van der Waals surface area contributed by atoms with Gasteiger partial charge in [0.05, 0.1) is 12.1 Å². The van der Waals surface area contributed by atoms with E-state index in [4.69, 9.17) is 0 Å². The average molecular weight is 265 g/mol. The van der Waals surface area contributed by atoms with Gasteiger partial charge < -0.3 is 10.0 Å². The zero-order valence-corrected chi connectivity index (χ0v) is 11.7. The molecule has 0 radical (unpaired) electrons. The van der Waals surface area contributed by atoms with Gasteiger partial charge in [-0.05, 0) is 31.2 Å². The molecule has 18 heavy (non-hydrogen) atoms. The molecule has 1 aromatic carbocycles. The van der Waals surface area contributed by atoms with E-state index in [-0.39, 0.29) is 5.91 Å². The fourth-order valence-electron chi connectivity index (χ4n) is 2.39. The Hall–Kier alpha value is -1.00. The summed E-state index contributed by atoms with van der Waals surface area (Å²) >= 11 is 1.60. The van der Waals surface area contributed by atoms with Gasteiger partial charge in [0.15, 0.2) is 0 Å². The van der Waals surface area contributed by atoms with E-state index < -0.39 is 5.60 Å². The molecule has 0 saturated heterocycles. The molecule has 0 saturated carbocycles. The molecule has 1 N–H and O–H groups in total. The molecule has 0 aromatic heterocycles. The number of rotatable bonds is 4. The van der Waals surface area contributed by atoms with Crippen LogP contribution in [0, 0.1) is 0 Å². The summed E-state index contributed by atoms with van der Waals surface area (Å²) in [5.74, 6) is 0.677. The number of carbonyl (C=O) groups is 1. The summed E-state index contributed by atoms with van der Waals surface area (Å²) in [7, 11) is 0. The molecule has 1 heterocycles. The van der Waals surface area contributed by atoms with Crippen molar-refractivity contribution in [2.45, 2.75) is 18.9 Å². The number of fused-ring (bicyclic) bond motifs is 1. The van der Waals surface area contributed by atoms with Crippen LogP contribution in [-0.2, 0) is 6.42 Å². The normalized spacial score (nSPS) is 18.4. The van der Waals surface area contributed by atoms with Gasteiger partial charge in [-0.25, -0.2) is 0 Å². The van der Waals surface area contributed by atoms with Crippen molar-refractivity contribution in [3.8, 4) is 0 Å². The lowest BCUT2D eigenvalue weighted by atomic mass is 9.97. The molecule has 1 aromatic rings. The van der Waals surface area contributed by atoms with E-state index in [1.807, 2.05) is 30.5 Å². The number of hydrogen-bond acceptors (Lipinski definition) is 3. The first-order valence-electron chi connectivity index (χ1n) is 6.12. The summed E-state index contributed by atoms with van der Waals surface area (Å²) < 4.78 is 0. The molecule has 98 valence electrons. The second-order valence-corrected chi connectivity index (χ2v) is 5.93. The van der Waals surface area contributed by atoms with Crippen LogP contribution in [0.2, 0.25) is 0 Å². The SMILES string of the molecule is CSCC(C)(O)CN1CCc2ccccc2C1=O.